The van der Waals surface area contributed by atoms with Gasteiger partial charge in [0, 0.05) is 19.1 Å². The van der Waals surface area contributed by atoms with Crippen molar-refractivity contribution in [3.63, 3.8) is 0 Å². The fourth-order valence-corrected chi connectivity index (χ4v) is 1.94. The summed E-state index contributed by atoms with van der Waals surface area (Å²) in [7, 11) is 2.22. The van der Waals surface area contributed by atoms with Gasteiger partial charge in [0.2, 0.25) is 0 Å². The van der Waals surface area contributed by atoms with Gasteiger partial charge in [0.1, 0.15) is 0 Å². The SMILES string of the molecule is CCCCCCCCNCCN(C)C(C)CC. The van der Waals surface area contributed by atoms with Crippen LogP contribution in [0.3, 0.4) is 0 Å². The molecule has 2 nitrogen and oxygen atoms in total. The Morgan fingerprint density at radius 2 is 1.59 bits per heavy atom. The largest absolute Gasteiger partial charge is 0.315 e. The van der Waals surface area contributed by atoms with Crippen LogP contribution < -0.4 is 5.32 Å². The first-order valence-electron chi connectivity index (χ1n) is 7.63. The number of likely N-dealkylation sites (N-methyl/N-ethyl adjacent to an activating group) is 1. The summed E-state index contributed by atoms with van der Waals surface area (Å²) < 4.78 is 0. The van der Waals surface area contributed by atoms with Gasteiger partial charge in [0.05, 0.1) is 0 Å². The molecule has 0 rings (SSSR count). The van der Waals surface area contributed by atoms with Crippen molar-refractivity contribution in [1.29, 1.82) is 0 Å². The molecule has 0 saturated carbocycles. The molecule has 0 aromatic carbocycles. The molecule has 0 saturated heterocycles. The number of hydrogen-bond acceptors (Lipinski definition) is 2. The molecule has 0 heterocycles. The normalized spacial score (nSPS) is 13.2. The van der Waals surface area contributed by atoms with Crippen molar-refractivity contribution in [2.24, 2.45) is 0 Å². The van der Waals surface area contributed by atoms with Crippen LogP contribution in [0.15, 0.2) is 0 Å². The van der Waals surface area contributed by atoms with E-state index in [-0.39, 0.29) is 0 Å². The zero-order chi connectivity index (χ0) is 12.9. The zero-order valence-electron chi connectivity index (χ0n) is 12.6. The van der Waals surface area contributed by atoms with Gasteiger partial charge in [-0.2, -0.15) is 0 Å². The Morgan fingerprint density at radius 3 is 2.24 bits per heavy atom. The lowest BCUT2D eigenvalue weighted by Gasteiger charge is -2.23. The molecular weight excluding hydrogens is 208 g/mol. The van der Waals surface area contributed by atoms with Gasteiger partial charge >= 0.3 is 0 Å². The molecule has 0 fully saturated rings. The summed E-state index contributed by atoms with van der Waals surface area (Å²) in [6.45, 7) is 10.3. The summed E-state index contributed by atoms with van der Waals surface area (Å²) in [5, 5.41) is 3.54. The summed E-state index contributed by atoms with van der Waals surface area (Å²) in [6, 6.07) is 0.714. The molecule has 0 radical (unpaired) electrons. The Morgan fingerprint density at radius 1 is 0.941 bits per heavy atom. The predicted molar refractivity (Wildman–Crippen MR) is 78.6 cm³/mol. The highest BCUT2D eigenvalue weighted by atomic mass is 15.1. The first-order valence-corrected chi connectivity index (χ1v) is 7.63. The zero-order valence-corrected chi connectivity index (χ0v) is 12.6. The minimum absolute atomic E-state index is 0.714. The Balaban J connectivity index is 3.13. The summed E-state index contributed by atoms with van der Waals surface area (Å²) in [5.41, 5.74) is 0. The standard InChI is InChI=1S/C15H34N2/c1-5-7-8-9-10-11-12-16-13-14-17(4)15(3)6-2/h15-16H,5-14H2,1-4H3. The van der Waals surface area contributed by atoms with Crippen LogP contribution in [0.4, 0.5) is 0 Å². The van der Waals surface area contributed by atoms with E-state index in [4.69, 9.17) is 0 Å². The fraction of sp³-hybridized carbons (Fsp3) is 1.00. The molecule has 17 heavy (non-hydrogen) atoms. The first kappa shape index (κ1) is 16.9. The molecular formula is C15H34N2. The van der Waals surface area contributed by atoms with Crippen LogP contribution in [0.25, 0.3) is 0 Å². The highest BCUT2D eigenvalue weighted by molar-refractivity contribution is 4.62. The average molecular weight is 242 g/mol. The van der Waals surface area contributed by atoms with E-state index in [0.29, 0.717) is 6.04 Å². The molecule has 0 aliphatic rings. The van der Waals surface area contributed by atoms with E-state index >= 15 is 0 Å². The van der Waals surface area contributed by atoms with Gasteiger partial charge in [-0.25, -0.2) is 0 Å². The lowest BCUT2D eigenvalue weighted by molar-refractivity contribution is 0.252. The Kier molecular flexibility index (Phi) is 12.3. The van der Waals surface area contributed by atoms with Gasteiger partial charge < -0.3 is 10.2 Å². The third-order valence-electron chi connectivity index (χ3n) is 3.69. The van der Waals surface area contributed by atoms with Crippen LogP contribution >= 0.6 is 0 Å². The third-order valence-corrected chi connectivity index (χ3v) is 3.69. The first-order chi connectivity index (χ1) is 8.22. The van der Waals surface area contributed by atoms with Crippen molar-refractivity contribution < 1.29 is 0 Å². The third kappa shape index (κ3) is 10.8. The number of rotatable bonds is 12. The van der Waals surface area contributed by atoms with E-state index < -0.39 is 0 Å². The molecule has 0 bridgehead atoms. The predicted octanol–water partition coefficient (Wildman–Crippen LogP) is 3.67. The molecule has 0 aliphatic heterocycles. The van der Waals surface area contributed by atoms with E-state index in [1.165, 1.54) is 58.0 Å². The second-order valence-corrected chi connectivity index (χ2v) is 5.26. The molecule has 104 valence electrons. The molecule has 0 spiro atoms. The quantitative estimate of drug-likeness (QED) is 0.525. The summed E-state index contributed by atoms with van der Waals surface area (Å²) in [6.07, 6.45) is 9.59. The maximum absolute atomic E-state index is 3.54. The molecule has 1 atom stereocenters. The minimum atomic E-state index is 0.714. The average Bonchev–Trinajstić information content (AvgIpc) is 2.35. The lowest BCUT2D eigenvalue weighted by atomic mass is 10.1. The second kappa shape index (κ2) is 12.4. The second-order valence-electron chi connectivity index (χ2n) is 5.26. The maximum atomic E-state index is 3.54. The van der Waals surface area contributed by atoms with Crippen LogP contribution in [0.2, 0.25) is 0 Å². The number of hydrogen-bond donors (Lipinski definition) is 1. The van der Waals surface area contributed by atoms with Crippen LogP contribution in [-0.2, 0) is 0 Å². The van der Waals surface area contributed by atoms with Gasteiger partial charge in [-0.05, 0) is 33.4 Å². The van der Waals surface area contributed by atoms with Crippen molar-refractivity contribution >= 4 is 0 Å². The number of nitrogens with zero attached hydrogens (tertiary/aromatic N) is 1. The minimum Gasteiger partial charge on any atom is -0.315 e. The highest BCUT2D eigenvalue weighted by Gasteiger charge is 2.04. The Labute approximate surface area is 109 Å². The molecule has 1 unspecified atom stereocenters. The van der Waals surface area contributed by atoms with E-state index in [2.05, 4.69) is 38.0 Å². The van der Waals surface area contributed by atoms with Crippen molar-refractivity contribution in [2.75, 3.05) is 26.7 Å². The monoisotopic (exact) mass is 242 g/mol. The summed E-state index contributed by atoms with van der Waals surface area (Å²) in [5.74, 6) is 0. The van der Waals surface area contributed by atoms with Gasteiger partial charge in [0.15, 0.2) is 0 Å². The van der Waals surface area contributed by atoms with Gasteiger partial charge in [-0.15, -0.1) is 0 Å². The molecule has 0 aliphatic carbocycles. The highest BCUT2D eigenvalue weighted by Crippen LogP contribution is 2.04. The molecule has 0 aromatic rings. The van der Waals surface area contributed by atoms with Crippen molar-refractivity contribution in [1.82, 2.24) is 10.2 Å². The lowest BCUT2D eigenvalue weighted by Crippen LogP contribution is -2.35. The molecule has 0 aromatic heterocycles. The van der Waals surface area contributed by atoms with Gasteiger partial charge in [-0.1, -0.05) is 46.0 Å². The number of nitrogens with one attached hydrogen (secondary N) is 1. The van der Waals surface area contributed by atoms with Crippen LogP contribution in [-0.4, -0.2) is 37.6 Å². The smallest absolute Gasteiger partial charge is 0.0107 e. The van der Waals surface area contributed by atoms with Crippen molar-refractivity contribution in [3.05, 3.63) is 0 Å². The van der Waals surface area contributed by atoms with Gasteiger partial charge in [-0.3, -0.25) is 0 Å². The van der Waals surface area contributed by atoms with E-state index in [1.807, 2.05) is 0 Å². The van der Waals surface area contributed by atoms with Crippen molar-refractivity contribution in [3.8, 4) is 0 Å². The van der Waals surface area contributed by atoms with Crippen molar-refractivity contribution in [2.45, 2.75) is 71.8 Å². The molecule has 0 amide bonds. The van der Waals surface area contributed by atoms with Crippen LogP contribution in [0, 0.1) is 0 Å². The summed E-state index contributed by atoms with van der Waals surface area (Å²) >= 11 is 0. The van der Waals surface area contributed by atoms with E-state index in [1.54, 1.807) is 0 Å². The van der Waals surface area contributed by atoms with Crippen LogP contribution in [0.5, 0.6) is 0 Å². The molecule has 2 heteroatoms. The maximum Gasteiger partial charge on any atom is 0.0107 e. The van der Waals surface area contributed by atoms with Crippen LogP contribution in [0.1, 0.15) is 65.7 Å². The number of unbranched alkanes of at least 4 members (excludes halogenated alkanes) is 5. The van der Waals surface area contributed by atoms with E-state index in [9.17, 15) is 0 Å². The molecule has 1 N–H and O–H groups in total. The fourth-order valence-electron chi connectivity index (χ4n) is 1.94. The Bertz CT molecular complexity index is 148. The Hall–Kier alpha value is -0.0800. The van der Waals surface area contributed by atoms with E-state index in [0.717, 1.165) is 6.54 Å². The van der Waals surface area contributed by atoms with Gasteiger partial charge in [0.25, 0.3) is 0 Å². The topological polar surface area (TPSA) is 15.3 Å². The summed E-state index contributed by atoms with van der Waals surface area (Å²) in [4.78, 5) is 2.44.